The molecule has 0 atom stereocenters. The minimum absolute atomic E-state index is 0.337. The molecule has 0 aliphatic heterocycles. The number of halogens is 1. The van der Waals surface area contributed by atoms with Crippen molar-refractivity contribution in [2.45, 2.75) is 0 Å². The normalized spacial score (nSPS) is 11.0. The smallest absolute Gasteiger partial charge is 0.361 e. The Hall–Kier alpha value is -3.15. The third-order valence-electron chi connectivity index (χ3n) is 3.01. The first-order valence-electron chi connectivity index (χ1n) is 6.55. The first-order chi connectivity index (χ1) is 10.7. The number of amides is 1. The van der Waals surface area contributed by atoms with Gasteiger partial charge < -0.3 is 4.98 Å². The van der Waals surface area contributed by atoms with Crippen LogP contribution in [0.15, 0.2) is 59.9 Å². The molecule has 0 fully saturated rings. The number of anilines is 1. The highest BCUT2D eigenvalue weighted by molar-refractivity contribution is 5.90. The van der Waals surface area contributed by atoms with Gasteiger partial charge in [-0.3, -0.25) is 10.2 Å². The highest BCUT2D eigenvalue weighted by atomic mass is 19.1. The van der Waals surface area contributed by atoms with Crippen molar-refractivity contribution in [3.63, 3.8) is 0 Å². The molecule has 0 radical (unpaired) electrons. The van der Waals surface area contributed by atoms with Crippen molar-refractivity contribution in [2.75, 3.05) is 5.32 Å². The molecule has 3 aromatic rings. The fraction of sp³-hybridized carbons (Fsp3) is 0. The maximum atomic E-state index is 12.7. The van der Waals surface area contributed by atoms with Gasteiger partial charge in [-0.1, -0.05) is 17.3 Å². The molecular formula is C16H12FN3O2. The molecule has 1 aromatic heterocycles. The zero-order valence-electron chi connectivity index (χ0n) is 11.4. The summed E-state index contributed by atoms with van der Waals surface area (Å²) >= 11 is 0. The van der Waals surface area contributed by atoms with E-state index in [9.17, 15) is 9.18 Å². The maximum Gasteiger partial charge on any atom is 0.437 e. The fourth-order valence-electron chi connectivity index (χ4n) is 1.96. The van der Waals surface area contributed by atoms with Crippen LogP contribution in [0.2, 0.25) is 0 Å². The van der Waals surface area contributed by atoms with Gasteiger partial charge in [-0.25, -0.2) is 9.18 Å². The molecule has 110 valence electrons. The highest BCUT2D eigenvalue weighted by Crippen LogP contribution is 2.17. The second-order valence-corrected chi connectivity index (χ2v) is 4.57. The fourth-order valence-corrected chi connectivity index (χ4v) is 1.96. The molecule has 1 amide bonds. The number of aromatic nitrogens is 1. The number of hydrogen-bond donors (Lipinski definition) is 2. The van der Waals surface area contributed by atoms with Gasteiger partial charge in [-0.2, -0.15) is 0 Å². The van der Waals surface area contributed by atoms with Gasteiger partial charge in [0.25, 0.3) is 0 Å². The van der Waals surface area contributed by atoms with Crippen LogP contribution in [0.25, 0.3) is 10.9 Å². The number of benzene rings is 2. The second kappa shape index (κ2) is 6.09. The Morgan fingerprint density at radius 2 is 2.00 bits per heavy atom. The number of hydrogen-bond acceptors (Lipinski definition) is 3. The number of rotatable bonds is 3. The van der Waals surface area contributed by atoms with Crippen LogP contribution in [0.1, 0.15) is 5.56 Å². The molecule has 22 heavy (non-hydrogen) atoms. The number of H-pyrrole nitrogens is 1. The lowest BCUT2D eigenvalue weighted by Crippen LogP contribution is -2.10. The highest BCUT2D eigenvalue weighted by Gasteiger charge is 2.03. The van der Waals surface area contributed by atoms with Crippen LogP contribution in [0, 0.1) is 5.82 Å². The van der Waals surface area contributed by atoms with E-state index in [2.05, 4.69) is 15.5 Å². The lowest BCUT2D eigenvalue weighted by atomic mass is 10.2. The second-order valence-electron chi connectivity index (χ2n) is 4.57. The Labute approximate surface area is 125 Å². The van der Waals surface area contributed by atoms with E-state index in [1.54, 1.807) is 6.07 Å². The van der Waals surface area contributed by atoms with Gasteiger partial charge in [0.2, 0.25) is 0 Å². The molecule has 0 spiro atoms. The lowest BCUT2D eigenvalue weighted by molar-refractivity contribution is 0.167. The van der Waals surface area contributed by atoms with E-state index in [0.717, 1.165) is 10.9 Å². The van der Waals surface area contributed by atoms with Gasteiger partial charge in [0.15, 0.2) is 0 Å². The zero-order valence-corrected chi connectivity index (χ0v) is 11.4. The summed E-state index contributed by atoms with van der Waals surface area (Å²) in [5.41, 5.74) is 2.21. The van der Waals surface area contributed by atoms with Crippen LogP contribution in [0.5, 0.6) is 0 Å². The van der Waals surface area contributed by atoms with E-state index in [1.807, 2.05) is 24.4 Å². The van der Waals surface area contributed by atoms with E-state index in [-0.39, 0.29) is 5.82 Å². The lowest BCUT2D eigenvalue weighted by Gasteiger charge is -2.02. The molecule has 1 heterocycles. The Kier molecular flexibility index (Phi) is 3.82. The van der Waals surface area contributed by atoms with Crippen LogP contribution in [0.4, 0.5) is 14.9 Å². The molecule has 2 N–H and O–H groups in total. The molecule has 0 aliphatic carbocycles. The molecule has 5 nitrogen and oxygen atoms in total. The molecular weight excluding hydrogens is 285 g/mol. The predicted molar refractivity (Wildman–Crippen MR) is 82.4 cm³/mol. The Balaban J connectivity index is 1.58. The van der Waals surface area contributed by atoms with E-state index in [4.69, 9.17) is 4.84 Å². The summed E-state index contributed by atoms with van der Waals surface area (Å²) in [7, 11) is 0. The minimum Gasteiger partial charge on any atom is -0.361 e. The first-order valence-corrected chi connectivity index (χ1v) is 6.55. The van der Waals surface area contributed by atoms with Crippen LogP contribution in [0.3, 0.4) is 0 Å². The summed E-state index contributed by atoms with van der Waals surface area (Å²) in [5.74, 6) is -0.337. The van der Waals surface area contributed by atoms with Gasteiger partial charge in [-0.15, -0.1) is 0 Å². The number of fused-ring (bicyclic) bond motifs is 1. The first kappa shape index (κ1) is 13.8. The van der Waals surface area contributed by atoms with Crippen LogP contribution in [-0.2, 0) is 4.84 Å². The monoisotopic (exact) mass is 297 g/mol. The van der Waals surface area contributed by atoms with Crippen LogP contribution < -0.4 is 5.32 Å². The molecule has 0 saturated heterocycles. The van der Waals surface area contributed by atoms with Gasteiger partial charge in [-0.05, 0) is 42.0 Å². The molecule has 0 unspecified atom stereocenters. The van der Waals surface area contributed by atoms with E-state index in [1.165, 1.54) is 30.5 Å². The van der Waals surface area contributed by atoms with Gasteiger partial charge in [0.05, 0.1) is 6.21 Å². The standard InChI is InChI=1S/C16H12FN3O2/c17-13-3-1-11(2-4-13)10-19-22-16(21)20-14-5-6-15-12(9-14)7-8-18-15/h1-10,18H,(H,20,21). The van der Waals surface area contributed by atoms with Gasteiger partial charge >= 0.3 is 6.09 Å². The summed E-state index contributed by atoms with van der Waals surface area (Å²) in [6.45, 7) is 0. The predicted octanol–water partition coefficient (Wildman–Crippen LogP) is 3.89. The van der Waals surface area contributed by atoms with E-state index >= 15 is 0 Å². The van der Waals surface area contributed by atoms with Crippen molar-refractivity contribution in [1.82, 2.24) is 4.98 Å². The third-order valence-corrected chi connectivity index (χ3v) is 3.01. The van der Waals surface area contributed by atoms with Gasteiger partial charge in [0, 0.05) is 22.8 Å². The maximum absolute atomic E-state index is 12.7. The van der Waals surface area contributed by atoms with Crippen molar-refractivity contribution < 1.29 is 14.0 Å². The Morgan fingerprint density at radius 1 is 1.18 bits per heavy atom. The van der Waals surface area contributed by atoms with E-state index in [0.29, 0.717) is 11.3 Å². The average molecular weight is 297 g/mol. The molecule has 3 rings (SSSR count). The molecule has 0 aliphatic rings. The average Bonchev–Trinajstić information content (AvgIpc) is 2.97. The minimum atomic E-state index is -0.701. The van der Waals surface area contributed by atoms with Crippen molar-refractivity contribution in [3.8, 4) is 0 Å². The number of oxime groups is 1. The SMILES string of the molecule is O=C(Nc1ccc2[nH]ccc2c1)ON=Cc1ccc(F)cc1. The summed E-state index contributed by atoms with van der Waals surface area (Å²) in [6.07, 6.45) is 2.45. The van der Waals surface area contributed by atoms with Gasteiger partial charge in [0.1, 0.15) is 5.82 Å². The Bertz CT molecular complexity index is 825. The summed E-state index contributed by atoms with van der Waals surface area (Å²) in [4.78, 5) is 19.4. The van der Waals surface area contributed by atoms with Crippen molar-refractivity contribution in [1.29, 1.82) is 0 Å². The van der Waals surface area contributed by atoms with Crippen LogP contribution >= 0.6 is 0 Å². The van der Waals surface area contributed by atoms with Crippen molar-refractivity contribution >= 4 is 28.9 Å². The number of aromatic amines is 1. The number of nitrogens with zero attached hydrogens (tertiary/aromatic N) is 1. The number of carbonyl (C=O) groups is 1. The molecule has 0 bridgehead atoms. The quantitative estimate of drug-likeness (QED) is 0.437. The number of nitrogens with one attached hydrogen (secondary N) is 2. The topological polar surface area (TPSA) is 66.5 Å². The van der Waals surface area contributed by atoms with E-state index < -0.39 is 6.09 Å². The van der Waals surface area contributed by atoms with Crippen LogP contribution in [-0.4, -0.2) is 17.3 Å². The summed E-state index contributed by atoms with van der Waals surface area (Å²) in [5, 5.41) is 7.10. The Morgan fingerprint density at radius 3 is 2.82 bits per heavy atom. The van der Waals surface area contributed by atoms with Crippen molar-refractivity contribution in [3.05, 3.63) is 66.1 Å². The zero-order chi connectivity index (χ0) is 15.4. The molecule has 2 aromatic carbocycles. The summed E-state index contributed by atoms with van der Waals surface area (Å²) in [6, 6.07) is 13.0. The number of carbonyl (C=O) groups excluding carboxylic acids is 1. The molecule has 6 heteroatoms. The van der Waals surface area contributed by atoms with Crippen molar-refractivity contribution in [2.24, 2.45) is 5.16 Å². The summed E-state index contributed by atoms with van der Waals surface area (Å²) < 4.78 is 12.7. The molecule has 0 saturated carbocycles. The third kappa shape index (κ3) is 3.29. The largest absolute Gasteiger partial charge is 0.437 e.